The second kappa shape index (κ2) is 9.13. The number of nitrogens with zero attached hydrogens (tertiary/aromatic N) is 2. The second-order valence-corrected chi connectivity index (χ2v) is 8.85. The van der Waals surface area contributed by atoms with E-state index in [1.54, 1.807) is 6.20 Å². The smallest absolute Gasteiger partial charge is 0.263 e. The molecule has 7 nitrogen and oxygen atoms in total. The third-order valence-corrected chi connectivity index (χ3v) is 5.64. The minimum Gasteiger partial charge on any atom is -0.442 e. The molecule has 154 valence electrons. The van der Waals surface area contributed by atoms with Crippen LogP contribution in [0.4, 0.5) is 4.39 Å². The molecule has 3 rings (SSSR count). The van der Waals surface area contributed by atoms with Crippen molar-refractivity contribution in [3.05, 3.63) is 54.4 Å². The molecule has 2 aromatic heterocycles. The van der Waals surface area contributed by atoms with Gasteiger partial charge < -0.3 is 9.40 Å². The average Bonchev–Trinajstić information content (AvgIpc) is 3.35. The number of aryl methyl sites for hydroxylation is 1. The maximum absolute atomic E-state index is 14.3. The van der Waals surface area contributed by atoms with Gasteiger partial charge in [-0.2, -0.15) is 0 Å². The summed E-state index contributed by atoms with van der Waals surface area (Å²) in [6.45, 7) is 0. The molecule has 0 saturated carbocycles. The predicted molar refractivity (Wildman–Crippen MR) is 105 cm³/mol. The van der Waals surface area contributed by atoms with Gasteiger partial charge in [0.05, 0.1) is 23.0 Å². The Morgan fingerprint density at radius 3 is 2.66 bits per heavy atom. The normalized spacial score (nSPS) is 11.7. The molecule has 9 heteroatoms. The molecule has 3 aromatic rings. The summed E-state index contributed by atoms with van der Waals surface area (Å²) < 4.78 is 42.3. The molecular weight excluding hydrogens is 397 g/mol. The summed E-state index contributed by atoms with van der Waals surface area (Å²) in [4.78, 5) is 22.9. The van der Waals surface area contributed by atoms with Crippen molar-refractivity contribution in [1.82, 2.24) is 15.0 Å². The summed E-state index contributed by atoms with van der Waals surface area (Å²) in [6, 6.07) is 3.84. The maximum atomic E-state index is 14.3. The first kappa shape index (κ1) is 20.9. The minimum absolute atomic E-state index is 0.0557. The number of hydrogen-bond acceptors (Lipinski definition) is 6. The van der Waals surface area contributed by atoms with E-state index in [1.165, 1.54) is 24.6 Å². The first-order chi connectivity index (χ1) is 13.8. The van der Waals surface area contributed by atoms with Crippen LogP contribution in [0.5, 0.6) is 0 Å². The van der Waals surface area contributed by atoms with Crippen LogP contribution in [0, 0.1) is 5.82 Å². The van der Waals surface area contributed by atoms with Gasteiger partial charge in [0.1, 0.15) is 17.9 Å². The Labute approximate surface area is 168 Å². The van der Waals surface area contributed by atoms with E-state index in [9.17, 15) is 17.6 Å². The highest BCUT2D eigenvalue weighted by atomic mass is 32.2. The third kappa shape index (κ3) is 5.60. The average molecular weight is 419 g/mol. The number of benzene rings is 1. The fraction of sp³-hybridized carbons (Fsp3) is 0.350. The number of aromatic amines is 1. The van der Waals surface area contributed by atoms with Crippen molar-refractivity contribution < 1.29 is 22.0 Å². The first-order valence-electron chi connectivity index (χ1n) is 9.31. The van der Waals surface area contributed by atoms with E-state index in [0.29, 0.717) is 18.5 Å². The molecule has 29 heavy (non-hydrogen) atoms. The van der Waals surface area contributed by atoms with Gasteiger partial charge in [-0.25, -0.2) is 22.8 Å². The van der Waals surface area contributed by atoms with E-state index in [1.807, 2.05) is 0 Å². The number of nitrogens with one attached hydrogen (secondary N) is 1. The third-order valence-electron chi connectivity index (χ3n) is 4.53. The highest BCUT2D eigenvalue weighted by molar-refractivity contribution is 7.90. The zero-order chi connectivity index (χ0) is 20.9. The lowest BCUT2D eigenvalue weighted by atomic mass is 10.1. The molecular formula is C20H22FN3O4S. The quantitative estimate of drug-likeness (QED) is 0.393. The van der Waals surface area contributed by atoms with Crippen LogP contribution in [0.25, 0.3) is 11.3 Å². The molecule has 0 bridgehead atoms. The van der Waals surface area contributed by atoms with Crippen LogP contribution in [0.3, 0.4) is 0 Å². The van der Waals surface area contributed by atoms with E-state index < -0.39 is 15.7 Å². The number of unbranched alkanes of at least 4 members (excludes halogenated alkanes) is 3. The number of H-pyrrole nitrogens is 1. The van der Waals surface area contributed by atoms with Gasteiger partial charge in [-0.05, 0) is 31.0 Å². The Balaban J connectivity index is 1.45. The summed E-state index contributed by atoms with van der Waals surface area (Å²) in [5.41, 5.74) is 0.787. The van der Waals surface area contributed by atoms with Crippen LogP contribution < -0.4 is 0 Å². The molecule has 0 aliphatic carbocycles. The highest BCUT2D eigenvalue weighted by Gasteiger charge is 2.14. The fourth-order valence-electron chi connectivity index (χ4n) is 2.97. The number of Topliss-reactive ketones (excluding diaryl/α,β-unsaturated/α-hetero) is 1. The molecule has 2 heterocycles. The van der Waals surface area contributed by atoms with Gasteiger partial charge in [0.15, 0.2) is 9.84 Å². The number of halogens is 1. The number of rotatable bonds is 10. The van der Waals surface area contributed by atoms with E-state index in [0.717, 1.165) is 43.8 Å². The Bertz CT molecular complexity index is 1080. The van der Waals surface area contributed by atoms with Gasteiger partial charge in [0.25, 0.3) is 5.89 Å². The standard InChI is InChI=1S/C20H22FN3O4S/c1-29(26,27)14-8-9-15(16(21)12-14)17-13-23-19(24-17)7-5-3-2-4-6-18(25)20-22-10-11-28-20/h8-13H,2-7H2,1H3,(H,23,24). The van der Waals surface area contributed by atoms with Gasteiger partial charge >= 0.3 is 0 Å². The van der Waals surface area contributed by atoms with Crippen LogP contribution in [0.2, 0.25) is 0 Å². The number of oxazole rings is 1. The summed E-state index contributed by atoms with van der Waals surface area (Å²) in [6.07, 6.45) is 10.0. The van der Waals surface area contributed by atoms with Crippen LogP contribution in [-0.4, -0.2) is 35.4 Å². The summed E-state index contributed by atoms with van der Waals surface area (Å²) >= 11 is 0. The molecule has 0 aliphatic heterocycles. The van der Waals surface area contributed by atoms with Gasteiger partial charge in [-0.3, -0.25) is 4.79 Å². The lowest BCUT2D eigenvalue weighted by Crippen LogP contribution is -1.99. The Kier molecular flexibility index (Phi) is 6.58. The molecule has 1 aromatic carbocycles. The molecule has 0 aliphatic rings. The number of imidazole rings is 1. The van der Waals surface area contributed by atoms with Gasteiger partial charge in [-0.1, -0.05) is 12.8 Å². The van der Waals surface area contributed by atoms with E-state index in [4.69, 9.17) is 4.42 Å². The van der Waals surface area contributed by atoms with E-state index in [-0.39, 0.29) is 22.1 Å². The number of carbonyl (C=O) groups excluding carboxylic acids is 1. The second-order valence-electron chi connectivity index (χ2n) is 6.83. The van der Waals surface area contributed by atoms with Gasteiger partial charge in [0.2, 0.25) is 5.78 Å². The Hall–Kier alpha value is -2.81. The molecule has 0 fully saturated rings. The summed E-state index contributed by atoms with van der Waals surface area (Å²) in [5.74, 6) is 0.195. The molecule has 0 unspecified atom stereocenters. The largest absolute Gasteiger partial charge is 0.442 e. The highest BCUT2D eigenvalue weighted by Crippen LogP contribution is 2.24. The predicted octanol–water partition coefficient (Wildman–Crippen LogP) is 3.98. The van der Waals surface area contributed by atoms with Gasteiger partial charge in [-0.15, -0.1) is 0 Å². The molecule has 0 radical (unpaired) electrons. The lowest BCUT2D eigenvalue weighted by Gasteiger charge is -2.03. The molecule has 1 N–H and O–H groups in total. The number of aromatic nitrogens is 3. The monoisotopic (exact) mass is 419 g/mol. The van der Waals surface area contributed by atoms with E-state index in [2.05, 4.69) is 15.0 Å². The molecule has 0 spiro atoms. The van der Waals surface area contributed by atoms with E-state index >= 15 is 0 Å². The van der Waals surface area contributed by atoms with Crippen molar-refractivity contribution in [2.75, 3.05) is 6.26 Å². The zero-order valence-corrected chi connectivity index (χ0v) is 16.8. The van der Waals surface area contributed by atoms with Crippen LogP contribution >= 0.6 is 0 Å². The topological polar surface area (TPSA) is 106 Å². The van der Waals surface area contributed by atoms with Crippen molar-refractivity contribution >= 4 is 15.6 Å². The number of hydrogen-bond donors (Lipinski definition) is 1. The number of sulfone groups is 1. The van der Waals surface area contributed by atoms with Crippen molar-refractivity contribution in [3.8, 4) is 11.3 Å². The minimum atomic E-state index is -3.45. The zero-order valence-electron chi connectivity index (χ0n) is 16.0. The SMILES string of the molecule is CS(=O)(=O)c1ccc(-c2cnc(CCCCCCC(=O)c3ncco3)[nH]2)c(F)c1. The van der Waals surface area contributed by atoms with Gasteiger partial charge in [0, 0.05) is 24.7 Å². The van der Waals surface area contributed by atoms with Crippen LogP contribution in [0.1, 0.15) is 48.6 Å². The molecule has 0 amide bonds. The summed E-state index contributed by atoms with van der Waals surface area (Å²) in [7, 11) is -3.45. The lowest BCUT2D eigenvalue weighted by molar-refractivity contribution is 0.0945. The Morgan fingerprint density at radius 2 is 1.97 bits per heavy atom. The van der Waals surface area contributed by atoms with Crippen molar-refractivity contribution in [1.29, 1.82) is 0 Å². The molecule has 0 saturated heterocycles. The van der Waals surface area contributed by atoms with Crippen molar-refractivity contribution in [2.24, 2.45) is 0 Å². The number of carbonyl (C=O) groups is 1. The van der Waals surface area contributed by atoms with Crippen LogP contribution in [0.15, 0.2) is 46.2 Å². The first-order valence-corrected chi connectivity index (χ1v) is 11.2. The van der Waals surface area contributed by atoms with Crippen LogP contribution in [-0.2, 0) is 16.3 Å². The fourth-order valence-corrected chi connectivity index (χ4v) is 3.60. The van der Waals surface area contributed by atoms with Crippen molar-refractivity contribution in [2.45, 2.75) is 43.4 Å². The summed E-state index contributed by atoms with van der Waals surface area (Å²) in [5, 5.41) is 0. The number of ketones is 1. The van der Waals surface area contributed by atoms with Crippen molar-refractivity contribution in [3.63, 3.8) is 0 Å². The molecule has 0 atom stereocenters. The Morgan fingerprint density at radius 1 is 1.17 bits per heavy atom. The maximum Gasteiger partial charge on any atom is 0.263 e.